The van der Waals surface area contributed by atoms with Crippen molar-refractivity contribution in [1.82, 2.24) is 0 Å². The van der Waals surface area contributed by atoms with Gasteiger partial charge >= 0.3 is 0 Å². The number of hydrogen-bond donors (Lipinski definition) is 2. The summed E-state index contributed by atoms with van der Waals surface area (Å²) >= 11 is 0. The van der Waals surface area contributed by atoms with Crippen molar-refractivity contribution in [2.24, 2.45) is 0 Å². The zero-order chi connectivity index (χ0) is 22.6. The number of nitro benzene ring substituents is 1. The van der Waals surface area contributed by atoms with Crippen molar-refractivity contribution in [2.45, 2.75) is 11.8 Å². The van der Waals surface area contributed by atoms with Gasteiger partial charge in [-0.15, -0.1) is 0 Å². The molecule has 3 aromatic rings. The van der Waals surface area contributed by atoms with Gasteiger partial charge in [0.05, 0.1) is 22.6 Å². The van der Waals surface area contributed by atoms with Gasteiger partial charge in [0, 0.05) is 23.4 Å². The van der Waals surface area contributed by atoms with Gasteiger partial charge in [-0.1, -0.05) is 24.3 Å². The van der Waals surface area contributed by atoms with E-state index in [0.29, 0.717) is 11.3 Å². The molecule has 0 saturated carbocycles. The van der Waals surface area contributed by atoms with Crippen LogP contribution in [0.2, 0.25) is 0 Å². The minimum absolute atomic E-state index is 0.0322. The maximum Gasteiger partial charge on any atom is 0.270 e. The van der Waals surface area contributed by atoms with E-state index < -0.39 is 20.9 Å². The summed E-state index contributed by atoms with van der Waals surface area (Å²) in [5.74, 6) is -0.243. The van der Waals surface area contributed by atoms with Crippen LogP contribution in [-0.2, 0) is 10.0 Å². The Labute approximate surface area is 178 Å². The van der Waals surface area contributed by atoms with Crippen molar-refractivity contribution in [3.63, 3.8) is 0 Å². The lowest BCUT2D eigenvalue weighted by molar-refractivity contribution is -0.384. The lowest BCUT2D eigenvalue weighted by atomic mass is 10.1. The van der Waals surface area contributed by atoms with Gasteiger partial charge in [0.1, 0.15) is 5.75 Å². The minimum Gasteiger partial charge on any atom is -0.495 e. The Morgan fingerprint density at radius 1 is 1.03 bits per heavy atom. The summed E-state index contributed by atoms with van der Waals surface area (Å²) in [4.78, 5) is 22.8. The number of nitro groups is 1. The normalized spacial score (nSPS) is 10.9. The zero-order valence-electron chi connectivity index (χ0n) is 16.7. The van der Waals surface area contributed by atoms with Crippen molar-refractivity contribution in [1.29, 1.82) is 0 Å². The fourth-order valence-corrected chi connectivity index (χ4v) is 4.20. The third kappa shape index (κ3) is 4.98. The van der Waals surface area contributed by atoms with Gasteiger partial charge in [0.15, 0.2) is 0 Å². The number of carbonyl (C=O) groups excluding carboxylic acids is 1. The molecular weight excluding hydrogens is 422 g/mol. The smallest absolute Gasteiger partial charge is 0.270 e. The molecular formula is C21H19N3O6S. The molecule has 0 aliphatic heterocycles. The van der Waals surface area contributed by atoms with Crippen molar-refractivity contribution < 1.29 is 22.9 Å². The summed E-state index contributed by atoms with van der Waals surface area (Å²) in [5, 5.41) is 13.5. The molecule has 0 heterocycles. The van der Waals surface area contributed by atoms with E-state index in [1.165, 1.54) is 31.4 Å². The topological polar surface area (TPSA) is 128 Å². The number of aryl methyl sites for hydroxylation is 1. The number of carbonyl (C=O) groups is 1. The summed E-state index contributed by atoms with van der Waals surface area (Å²) in [7, 11) is -2.56. The largest absolute Gasteiger partial charge is 0.495 e. The predicted octanol–water partition coefficient (Wildman–Crippen LogP) is 3.96. The highest BCUT2D eigenvalue weighted by Gasteiger charge is 2.20. The van der Waals surface area contributed by atoms with Gasteiger partial charge in [-0.05, 0) is 42.8 Å². The number of anilines is 2. The van der Waals surface area contributed by atoms with E-state index in [2.05, 4.69) is 10.0 Å². The third-order valence-electron chi connectivity index (χ3n) is 4.41. The Balaban J connectivity index is 1.88. The summed E-state index contributed by atoms with van der Waals surface area (Å²) in [6, 6.07) is 16.2. The minimum atomic E-state index is -3.99. The molecule has 0 spiro atoms. The molecule has 3 aromatic carbocycles. The molecule has 160 valence electrons. The van der Waals surface area contributed by atoms with Gasteiger partial charge in [-0.3, -0.25) is 19.6 Å². The number of rotatable bonds is 7. The molecule has 0 unspecified atom stereocenters. The summed E-state index contributed by atoms with van der Waals surface area (Å²) in [5.41, 5.74) is 0.820. The summed E-state index contributed by atoms with van der Waals surface area (Å²) in [6.45, 7) is 1.63. The van der Waals surface area contributed by atoms with Crippen LogP contribution in [0.3, 0.4) is 0 Å². The van der Waals surface area contributed by atoms with Crippen LogP contribution < -0.4 is 14.8 Å². The van der Waals surface area contributed by atoms with Crippen LogP contribution in [0.1, 0.15) is 15.9 Å². The molecule has 0 fully saturated rings. The number of ether oxygens (including phenoxy) is 1. The Kier molecular flexibility index (Phi) is 6.21. The number of benzene rings is 3. The maximum absolute atomic E-state index is 13.0. The van der Waals surface area contributed by atoms with E-state index in [9.17, 15) is 23.3 Å². The SMILES string of the molecule is COc1ccccc1NS(=O)(=O)c1cc(NC(=O)c2cccc([N+](=O)[O-])c2)ccc1C. The molecule has 0 radical (unpaired) electrons. The van der Waals surface area contributed by atoms with Crippen LogP contribution in [0.5, 0.6) is 5.75 Å². The highest BCUT2D eigenvalue weighted by atomic mass is 32.2. The van der Waals surface area contributed by atoms with Crippen LogP contribution in [-0.4, -0.2) is 26.4 Å². The van der Waals surface area contributed by atoms with Gasteiger partial charge in [0.25, 0.3) is 21.6 Å². The molecule has 9 nitrogen and oxygen atoms in total. The number of sulfonamides is 1. The molecule has 0 atom stereocenters. The van der Waals surface area contributed by atoms with Crippen LogP contribution in [0, 0.1) is 17.0 Å². The Bertz CT molecular complexity index is 1260. The lowest BCUT2D eigenvalue weighted by Gasteiger charge is -2.14. The van der Waals surface area contributed by atoms with Gasteiger partial charge in [0.2, 0.25) is 0 Å². The van der Waals surface area contributed by atoms with E-state index in [-0.39, 0.29) is 27.5 Å². The van der Waals surface area contributed by atoms with Gasteiger partial charge in [-0.25, -0.2) is 8.42 Å². The molecule has 0 aliphatic rings. The van der Waals surface area contributed by atoms with Crippen molar-refractivity contribution in [3.05, 3.63) is 88.0 Å². The second kappa shape index (κ2) is 8.84. The number of nitrogens with zero attached hydrogens (tertiary/aromatic N) is 1. The molecule has 0 aliphatic carbocycles. The van der Waals surface area contributed by atoms with Gasteiger partial charge < -0.3 is 10.1 Å². The summed E-state index contributed by atoms with van der Waals surface area (Å²) in [6.07, 6.45) is 0. The van der Waals surface area contributed by atoms with Crippen LogP contribution >= 0.6 is 0 Å². The first kappa shape index (κ1) is 21.8. The third-order valence-corrected chi connectivity index (χ3v) is 5.91. The number of non-ortho nitro benzene ring substituents is 1. The number of hydrogen-bond acceptors (Lipinski definition) is 6. The van der Waals surface area contributed by atoms with Crippen molar-refractivity contribution in [2.75, 3.05) is 17.1 Å². The Hall–Kier alpha value is -3.92. The Morgan fingerprint density at radius 2 is 1.77 bits per heavy atom. The highest BCUT2D eigenvalue weighted by molar-refractivity contribution is 7.92. The van der Waals surface area contributed by atoms with Crippen molar-refractivity contribution >= 4 is 33.0 Å². The highest BCUT2D eigenvalue weighted by Crippen LogP contribution is 2.28. The number of amides is 1. The quantitative estimate of drug-likeness (QED) is 0.422. The first-order chi connectivity index (χ1) is 14.7. The van der Waals surface area contributed by atoms with Crippen LogP contribution in [0.4, 0.5) is 17.1 Å². The first-order valence-corrected chi connectivity index (χ1v) is 10.5. The molecule has 3 rings (SSSR count). The molecule has 2 N–H and O–H groups in total. The molecule has 10 heteroatoms. The van der Waals surface area contributed by atoms with Crippen LogP contribution in [0.15, 0.2) is 71.6 Å². The number of methoxy groups -OCH3 is 1. The van der Waals surface area contributed by atoms with Crippen LogP contribution in [0.25, 0.3) is 0 Å². The summed E-state index contributed by atoms with van der Waals surface area (Å²) < 4.78 is 33.6. The predicted molar refractivity (Wildman–Crippen MR) is 116 cm³/mol. The maximum atomic E-state index is 13.0. The second-order valence-corrected chi connectivity index (χ2v) is 8.20. The standard InChI is InChI=1S/C21H19N3O6S/c1-14-10-11-16(22-21(25)15-6-5-7-17(12-15)24(26)27)13-20(14)31(28,29)23-18-8-3-4-9-19(18)30-2/h3-13,23H,1-2H3,(H,22,25). The van der Waals surface area contributed by atoms with E-state index in [0.717, 1.165) is 6.07 Å². The average Bonchev–Trinajstić information content (AvgIpc) is 2.75. The van der Waals surface area contributed by atoms with E-state index >= 15 is 0 Å². The fraction of sp³-hybridized carbons (Fsp3) is 0.0952. The van der Waals surface area contributed by atoms with E-state index in [1.807, 2.05) is 0 Å². The number of nitrogens with one attached hydrogen (secondary N) is 2. The average molecular weight is 441 g/mol. The second-order valence-electron chi connectivity index (χ2n) is 6.55. The first-order valence-electron chi connectivity index (χ1n) is 9.03. The number of para-hydroxylation sites is 2. The lowest BCUT2D eigenvalue weighted by Crippen LogP contribution is -2.16. The van der Waals surface area contributed by atoms with E-state index in [4.69, 9.17) is 4.74 Å². The molecule has 0 saturated heterocycles. The monoisotopic (exact) mass is 441 g/mol. The molecule has 31 heavy (non-hydrogen) atoms. The van der Waals surface area contributed by atoms with Crippen molar-refractivity contribution in [3.8, 4) is 5.75 Å². The molecule has 0 aromatic heterocycles. The van der Waals surface area contributed by atoms with E-state index in [1.54, 1.807) is 43.3 Å². The Morgan fingerprint density at radius 3 is 2.48 bits per heavy atom. The molecule has 0 bridgehead atoms. The zero-order valence-corrected chi connectivity index (χ0v) is 17.5. The fourth-order valence-electron chi connectivity index (χ4n) is 2.86. The molecule has 1 amide bonds. The van der Waals surface area contributed by atoms with Gasteiger partial charge in [-0.2, -0.15) is 0 Å².